The number of rotatable bonds is 70. The number of phosphoric ester groups is 2. The van der Waals surface area contributed by atoms with Crippen molar-refractivity contribution in [1.29, 1.82) is 0 Å². The van der Waals surface area contributed by atoms with Crippen LogP contribution >= 0.6 is 15.6 Å². The zero-order chi connectivity index (χ0) is 67.3. The van der Waals surface area contributed by atoms with Crippen LogP contribution in [0.4, 0.5) is 0 Å². The molecule has 0 aliphatic rings. The maximum absolute atomic E-state index is 13.0. The normalized spacial score (nSPS) is 14.2. The molecule has 0 fully saturated rings. The second-order valence-corrected chi connectivity index (χ2v) is 30.3. The van der Waals surface area contributed by atoms with Crippen molar-refractivity contribution in [2.75, 3.05) is 39.6 Å². The second kappa shape index (κ2) is 62.8. The Morgan fingerprint density at radius 3 is 0.747 bits per heavy atom. The van der Waals surface area contributed by atoms with E-state index in [0.717, 1.165) is 108 Å². The number of unbranched alkanes of at least 4 members (excludes halogenated alkanes) is 38. The van der Waals surface area contributed by atoms with Gasteiger partial charge in [0.25, 0.3) is 0 Å². The average molecular weight is 1340 g/mol. The van der Waals surface area contributed by atoms with Gasteiger partial charge in [0.05, 0.1) is 26.4 Å². The molecule has 19 heteroatoms. The van der Waals surface area contributed by atoms with Gasteiger partial charge in [-0.3, -0.25) is 37.3 Å². The van der Waals surface area contributed by atoms with Gasteiger partial charge >= 0.3 is 39.5 Å². The minimum absolute atomic E-state index is 0.106. The number of carbonyl (C=O) groups excluding carboxylic acids is 4. The molecule has 0 aromatic rings. The van der Waals surface area contributed by atoms with Crippen molar-refractivity contribution < 1.29 is 80.2 Å². The molecule has 91 heavy (non-hydrogen) atoms. The summed E-state index contributed by atoms with van der Waals surface area (Å²) in [4.78, 5) is 72.6. The van der Waals surface area contributed by atoms with E-state index in [9.17, 15) is 43.2 Å². The molecule has 0 rings (SSSR count). The monoisotopic (exact) mass is 1340 g/mol. The zero-order valence-electron chi connectivity index (χ0n) is 59.3. The molecule has 0 radical (unpaired) electrons. The van der Waals surface area contributed by atoms with E-state index in [4.69, 9.17) is 37.0 Å². The third-order valence-electron chi connectivity index (χ3n) is 16.6. The summed E-state index contributed by atoms with van der Waals surface area (Å²) in [6, 6.07) is 0. The first-order valence-corrected chi connectivity index (χ1v) is 40.3. The van der Waals surface area contributed by atoms with Gasteiger partial charge in [0, 0.05) is 25.7 Å². The molecule has 0 aliphatic heterocycles. The molecule has 5 atom stereocenters. The lowest BCUT2D eigenvalue weighted by Gasteiger charge is -2.21. The fourth-order valence-electron chi connectivity index (χ4n) is 10.9. The maximum Gasteiger partial charge on any atom is 0.472 e. The average Bonchev–Trinajstić information content (AvgIpc) is 3.31. The summed E-state index contributed by atoms with van der Waals surface area (Å²) >= 11 is 0. The van der Waals surface area contributed by atoms with Crippen LogP contribution in [-0.2, 0) is 65.4 Å². The van der Waals surface area contributed by atoms with Crippen molar-refractivity contribution in [2.24, 2.45) is 17.8 Å². The highest BCUT2D eigenvalue weighted by atomic mass is 31.2. The molecular formula is C72H140O17P2. The molecule has 0 bridgehead atoms. The number of carbonyl (C=O) groups is 4. The van der Waals surface area contributed by atoms with Gasteiger partial charge in [0.1, 0.15) is 19.3 Å². The van der Waals surface area contributed by atoms with Gasteiger partial charge in [0.15, 0.2) is 12.2 Å². The van der Waals surface area contributed by atoms with Gasteiger partial charge in [-0.15, -0.1) is 0 Å². The maximum atomic E-state index is 13.0. The summed E-state index contributed by atoms with van der Waals surface area (Å²) < 4.78 is 68.3. The molecular weight excluding hydrogens is 1200 g/mol. The Morgan fingerprint density at radius 2 is 0.505 bits per heavy atom. The Labute approximate surface area is 556 Å². The molecule has 0 aromatic heterocycles. The lowest BCUT2D eigenvalue weighted by Crippen LogP contribution is -2.30. The highest BCUT2D eigenvalue weighted by molar-refractivity contribution is 7.47. The van der Waals surface area contributed by atoms with Crippen molar-refractivity contribution in [3.05, 3.63) is 0 Å². The fourth-order valence-corrected chi connectivity index (χ4v) is 12.5. The fraction of sp³-hybridized carbons (Fsp3) is 0.944. The van der Waals surface area contributed by atoms with Gasteiger partial charge in [-0.2, -0.15) is 0 Å². The number of hydrogen-bond acceptors (Lipinski definition) is 15. The number of phosphoric acid groups is 2. The quantitative estimate of drug-likeness (QED) is 0.0222. The van der Waals surface area contributed by atoms with E-state index in [0.29, 0.717) is 31.6 Å². The number of aliphatic hydroxyl groups is 1. The van der Waals surface area contributed by atoms with Gasteiger partial charge in [-0.1, -0.05) is 312 Å². The van der Waals surface area contributed by atoms with Gasteiger partial charge in [-0.25, -0.2) is 9.13 Å². The summed E-state index contributed by atoms with van der Waals surface area (Å²) in [5.74, 6) is 0.116. The van der Waals surface area contributed by atoms with Crippen molar-refractivity contribution in [2.45, 2.75) is 381 Å². The number of aliphatic hydroxyl groups excluding tert-OH is 1. The summed E-state index contributed by atoms with van der Waals surface area (Å²) in [5.41, 5.74) is 0. The van der Waals surface area contributed by atoms with E-state index in [2.05, 4.69) is 48.5 Å². The predicted octanol–water partition coefficient (Wildman–Crippen LogP) is 20.6. The smallest absolute Gasteiger partial charge is 0.462 e. The van der Waals surface area contributed by atoms with E-state index in [-0.39, 0.29) is 25.7 Å². The Bertz CT molecular complexity index is 1780. The lowest BCUT2D eigenvalue weighted by atomic mass is 10.0. The van der Waals surface area contributed by atoms with Crippen LogP contribution in [0.2, 0.25) is 0 Å². The molecule has 0 saturated carbocycles. The summed E-state index contributed by atoms with van der Waals surface area (Å²) in [5, 5.41) is 10.6. The number of hydrogen-bond donors (Lipinski definition) is 3. The molecule has 17 nitrogen and oxygen atoms in total. The van der Waals surface area contributed by atoms with Crippen molar-refractivity contribution in [3.63, 3.8) is 0 Å². The first-order chi connectivity index (χ1) is 43.7. The lowest BCUT2D eigenvalue weighted by molar-refractivity contribution is -0.161. The largest absolute Gasteiger partial charge is 0.472 e. The van der Waals surface area contributed by atoms with Crippen LogP contribution < -0.4 is 0 Å². The third-order valence-corrected chi connectivity index (χ3v) is 18.5. The molecule has 2 unspecified atom stereocenters. The molecule has 0 aliphatic carbocycles. The zero-order valence-corrected chi connectivity index (χ0v) is 61.1. The Morgan fingerprint density at radius 1 is 0.297 bits per heavy atom. The summed E-state index contributed by atoms with van der Waals surface area (Å²) in [7, 11) is -9.90. The van der Waals surface area contributed by atoms with Crippen LogP contribution in [0.15, 0.2) is 0 Å². The Balaban J connectivity index is 5.22. The van der Waals surface area contributed by atoms with Gasteiger partial charge in [-0.05, 0) is 43.4 Å². The minimum Gasteiger partial charge on any atom is -0.462 e. The molecule has 540 valence electrons. The van der Waals surface area contributed by atoms with E-state index in [1.807, 2.05) is 0 Å². The second-order valence-electron chi connectivity index (χ2n) is 27.4. The topological polar surface area (TPSA) is 237 Å². The highest BCUT2D eigenvalue weighted by Gasteiger charge is 2.30. The van der Waals surface area contributed by atoms with E-state index < -0.39 is 97.5 Å². The van der Waals surface area contributed by atoms with Gasteiger partial charge in [0.2, 0.25) is 0 Å². The van der Waals surface area contributed by atoms with E-state index in [1.165, 1.54) is 167 Å². The van der Waals surface area contributed by atoms with Crippen LogP contribution in [0.5, 0.6) is 0 Å². The molecule has 0 aromatic carbocycles. The summed E-state index contributed by atoms with van der Waals surface area (Å²) in [6.07, 6.45) is 47.3. The van der Waals surface area contributed by atoms with E-state index in [1.54, 1.807) is 0 Å². The van der Waals surface area contributed by atoms with Crippen LogP contribution in [0.3, 0.4) is 0 Å². The third kappa shape index (κ3) is 66.5. The highest BCUT2D eigenvalue weighted by Crippen LogP contribution is 2.45. The SMILES string of the molecule is CCCCCCCCCCCCCC(=O)O[C@H](COC(=O)CCCCCCCCC(C)C)COP(=O)(O)OC[C@H](O)COP(=O)(O)OC[C@@H](COC(=O)CCCCCCCCCCCCC(C)C)OC(=O)CCCCCCCCCCCCCCCCCC(C)C. The predicted molar refractivity (Wildman–Crippen MR) is 368 cm³/mol. The Kier molecular flexibility index (Phi) is 61.5. The molecule has 0 saturated heterocycles. The number of esters is 4. The van der Waals surface area contributed by atoms with Gasteiger partial charge < -0.3 is 33.8 Å². The van der Waals surface area contributed by atoms with Crippen molar-refractivity contribution in [1.82, 2.24) is 0 Å². The molecule has 0 heterocycles. The van der Waals surface area contributed by atoms with Crippen molar-refractivity contribution >= 4 is 39.5 Å². The van der Waals surface area contributed by atoms with Crippen LogP contribution in [0.1, 0.15) is 363 Å². The molecule has 0 spiro atoms. The van der Waals surface area contributed by atoms with E-state index >= 15 is 0 Å². The van der Waals surface area contributed by atoms with Crippen LogP contribution in [0.25, 0.3) is 0 Å². The summed E-state index contributed by atoms with van der Waals surface area (Å²) in [6.45, 7) is 11.8. The first-order valence-electron chi connectivity index (χ1n) is 37.3. The first kappa shape index (κ1) is 89.1. The van der Waals surface area contributed by atoms with Crippen LogP contribution in [-0.4, -0.2) is 96.7 Å². The molecule has 0 amide bonds. The minimum atomic E-state index is -4.95. The standard InChI is InChI=1S/C72H140O17P2/c1-8-9-10-11-12-13-19-27-32-41-48-55-71(76)89-68(60-83-70(75)54-47-40-35-34-38-45-52-65(6)7)62-87-91(80,81)85-58-66(73)57-84-90(78,79)86-61-67(59-82-69(74)53-46-39-31-26-23-22-25-30-37-44-51-64(4)5)88-72(77)56-49-42-33-28-21-18-16-14-15-17-20-24-29-36-43-50-63(2)3/h63-68,73H,8-62H2,1-7H3,(H,78,79)(H,80,81)/t66-,67-,68-/m1/s1. The van der Waals surface area contributed by atoms with Crippen molar-refractivity contribution in [3.8, 4) is 0 Å². The number of ether oxygens (including phenoxy) is 4. The molecule has 3 N–H and O–H groups in total. The Hall–Kier alpha value is -1.94. The van der Waals surface area contributed by atoms with Crippen LogP contribution in [0, 0.1) is 17.8 Å².